The fourth-order valence-electron chi connectivity index (χ4n) is 3.70. The van der Waals surface area contributed by atoms with E-state index >= 15 is 0 Å². The van der Waals surface area contributed by atoms with Gasteiger partial charge in [0.25, 0.3) is 5.91 Å². The summed E-state index contributed by atoms with van der Waals surface area (Å²) in [5.41, 5.74) is 1.97. The van der Waals surface area contributed by atoms with Crippen molar-refractivity contribution in [3.05, 3.63) is 35.4 Å². The fourth-order valence-corrected chi connectivity index (χ4v) is 3.70. The molecule has 1 aliphatic heterocycles. The third-order valence-corrected chi connectivity index (χ3v) is 5.33. The summed E-state index contributed by atoms with van der Waals surface area (Å²) in [6, 6.07) is 7.44. The van der Waals surface area contributed by atoms with Gasteiger partial charge in [-0.1, -0.05) is 12.1 Å². The lowest BCUT2D eigenvalue weighted by atomic mass is 9.91. The van der Waals surface area contributed by atoms with Crippen molar-refractivity contribution in [3.8, 4) is 0 Å². The number of nitrogens with one attached hydrogen (secondary N) is 2. The van der Waals surface area contributed by atoms with Gasteiger partial charge in [-0.3, -0.25) is 9.59 Å². The van der Waals surface area contributed by atoms with Crippen molar-refractivity contribution >= 4 is 11.8 Å². The Morgan fingerprint density at radius 1 is 1.26 bits per heavy atom. The van der Waals surface area contributed by atoms with Crippen molar-refractivity contribution in [2.45, 2.75) is 25.8 Å². The van der Waals surface area contributed by atoms with E-state index in [-0.39, 0.29) is 23.1 Å². The Kier molecular flexibility index (Phi) is 4.39. The molecule has 0 aromatic heterocycles. The Labute approximate surface area is 137 Å². The number of benzene rings is 1. The quantitative estimate of drug-likeness (QED) is 0.883. The van der Waals surface area contributed by atoms with Crippen LogP contribution in [0.15, 0.2) is 24.3 Å². The molecule has 1 aliphatic carbocycles. The number of rotatable bonds is 4. The van der Waals surface area contributed by atoms with Gasteiger partial charge in [0.1, 0.15) is 0 Å². The van der Waals surface area contributed by atoms with Crippen LogP contribution in [0.3, 0.4) is 0 Å². The minimum Gasteiger partial charge on any atom is -0.355 e. The Bertz CT molecular complexity index is 591. The van der Waals surface area contributed by atoms with Gasteiger partial charge in [0.05, 0.1) is 0 Å². The second-order valence-electron chi connectivity index (χ2n) is 6.84. The highest BCUT2D eigenvalue weighted by molar-refractivity contribution is 5.93. The zero-order chi connectivity index (χ0) is 16.4. The van der Waals surface area contributed by atoms with Crippen molar-refractivity contribution in [2.24, 2.45) is 11.3 Å². The first-order valence-electron chi connectivity index (χ1n) is 8.32. The molecule has 1 aromatic rings. The number of piperidine rings is 1. The zero-order valence-corrected chi connectivity index (χ0v) is 13.9. The molecule has 2 aliphatic rings. The number of carbonyl (C=O) groups is 2. The third kappa shape index (κ3) is 3.24. The molecule has 0 bridgehead atoms. The predicted molar refractivity (Wildman–Crippen MR) is 88.9 cm³/mol. The third-order valence-electron chi connectivity index (χ3n) is 5.33. The van der Waals surface area contributed by atoms with E-state index in [1.165, 1.54) is 0 Å². The number of amides is 2. The molecule has 1 spiro atoms. The summed E-state index contributed by atoms with van der Waals surface area (Å²) < 4.78 is 0. The molecule has 2 amide bonds. The van der Waals surface area contributed by atoms with Crippen LogP contribution in [0, 0.1) is 11.3 Å². The summed E-state index contributed by atoms with van der Waals surface area (Å²) in [6.07, 6.45) is 3.30. The summed E-state index contributed by atoms with van der Waals surface area (Å²) in [4.78, 5) is 26.0. The van der Waals surface area contributed by atoms with Crippen molar-refractivity contribution < 1.29 is 9.59 Å². The summed E-state index contributed by atoms with van der Waals surface area (Å²) in [7, 11) is 3.50. The first-order valence-corrected chi connectivity index (χ1v) is 8.32. The lowest BCUT2D eigenvalue weighted by molar-refractivity contribution is -0.132. The SMILES string of the molecule is CNC(=O)c1ccc(CN(C)C(=O)C2CC23CCNCC3)cc1. The second-order valence-corrected chi connectivity index (χ2v) is 6.84. The number of carbonyl (C=O) groups excluding carboxylic acids is 2. The highest BCUT2D eigenvalue weighted by Gasteiger charge is 2.58. The Morgan fingerprint density at radius 2 is 1.91 bits per heavy atom. The number of hydrogen-bond donors (Lipinski definition) is 2. The van der Waals surface area contributed by atoms with E-state index in [0.717, 1.165) is 37.9 Å². The zero-order valence-electron chi connectivity index (χ0n) is 13.9. The van der Waals surface area contributed by atoms with Crippen LogP contribution in [-0.2, 0) is 11.3 Å². The minimum atomic E-state index is -0.0909. The average molecular weight is 315 g/mol. The predicted octanol–water partition coefficient (Wildman–Crippen LogP) is 1.39. The van der Waals surface area contributed by atoms with Gasteiger partial charge in [0.15, 0.2) is 0 Å². The Morgan fingerprint density at radius 3 is 2.52 bits per heavy atom. The molecule has 23 heavy (non-hydrogen) atoms. The molecule has 124 valence electrons. The van der Waals surface area contributed by atoms with E-state index in [0.29, 0.717) is 12.1 Å². The first-order chi connectivity index (χ1) is 11.1. The topological polar surface area (TPSA) is 61.4 Å². The van der Waals surface area contributed by atoms with Gasteiger partial charge in [0, 0.05) is 32.1 Å². The van der Waals surface area contributed by atoms with E-state index in [2.05, 4.69) is 10.6 Å². The average Bonchev–Trinajstić information content (AvgIpc) is 3.27. The van der Waals surface area contributed by atoms with Gasteiger partial charge in [-0.25, -0.2) is 0 Å². The van der Waals surface area contributed by atoms with Crippen LogP contribution in [0.1, 0.15) is 35.2 Å². The van der Waals surface area contributed by atoms with Crippen LogP contribution in [0.5, 0.6) is 0 Å². The van der Waals surface area contributed by atoms with Crippen LogP contribution in [0.25, 0.3) is 0 Å². The molecule has 1 unspecified atom stereocenters. The highest BCUT2D eigenvalue weighted by atomic mass is 16.2. The van der Waals surface area contributed by atoms with E-state index in [1.54, 1.807) is 19.2 Å². The normalized spacial score (nSPS) is 21.7. The van der Waals surface area contributed by atoms with E-state index in [4.69, 9.17) is 0 Å². The molecule has 0 radical (unpaired) electrons. The standard InChI is InChI=1S/C18H25N3O2/c1-19-16(22)14-5-3-13(4-6-14)12-21(2)17(23)15-11-18(15)7-9-20-10-8-18/h3-6,15,20H,7-12H2,1-2H3,(H,19,22). The molecular formula is C18H25N3O2. The van der Waals surface area contributed by atoms with E-state index < -0.39 is 0 Å². The van der Waals surface area contributed by atoms with Gasteiger partial charge >= 0.3 is 0 Å². The summed E-state index contributed by atoms with van der Waals surface area (Å²) >= 11 is 0. The highest BCUT2D eigenvalue weighted by Crippen LogP contribution is 2.59. The van der Waals surface area contributed by atoms with Crippen molar-refractivity contribution in [1.82, 2.24) is 15.5 Å². The maximum atomic E-state index is 12.6. The number of nitrogens with zero attached hydrogens (tertiary/aromatic N) is 1. The Hall–Kier alpha value is -1.88. The van der Waals surface area contributed by atoms with Crippen LogP contribution < -0.4 is 10.6 Å². The first kappa shape index (κ1) is 16.0. The second kappa shape index (κ2) is 6.32. The molecule has 2 fully saturated rings. The van der Waals surface area contributed by atoms with E-state index in [1.807, 2.05) is 24.1 Å². The van der Waals surface area contributed by atoms with Crippen molar-refractivity contribution in [3.63, 3.8) is 0 Å². The molecule has 1 saturated carbocycles. The van der Waals surface area contributed by atoms with Crippen molar-refractivity contribution in [2.75, 3.05) is 27.2 Å². The van der Waals surface area contributed by atoms with Gasteiger partial charge < -0.3 is 15.5 Å². The van der Waals surface area contributed by atoms with Crippen LogP contribution in [0.2, 0.25) is 0 Å². The van der Waals surface area contributed by atoms with Gasteiger partial charge in [0.2, 0.25) is 5.91 Å². The van der Waals surface area contributed by atoms with Gasteiger partial charge in [-0.05, 0) is 55.5 Å². The van der Waals surface area contributed by atoms with E-state index in [9.17, 15) is 9.59 Å². The summed E-state index contributed by atoms with van der Waals surface area (Å²) in [6.45, 7) is 2.67. The summed E-state index contributed by atoms with van der Waals surface area (Å²) in [5, 5.41) is 5.98. The molecular weight excluding hydrogens is 290 g/mol. The molecule has 5 heteroatoms. The van der Waals surface area contributed by atoms with Gasteiger partial charge in [-0.2, -0.15) is 0 Å². The molecule has 3 rings (SSSR count). The van der Waals surface area contributed by atoms with Crippen LogP contribution in [0.4, 0.5) is 0 Å². The Balaban J connectivity index is 1.57. The molecule has 1 heterocycles. The molecule has 5 nitrogen and oxygen atoms in total. The van der Waals surface area contributed by atoms with Crippen LogP contribution >= 0.6 is 0 Å². The monoisotopic (exact) mass is 315 g/mol. The molecule has 2 N–H and O–H groups in total. The molecule has 1 atom stereocenters. The summed E-state index contributed by atoms with van der Waals surface area (Å²) in [5.74, 6) is 0.383. The van der Waals surface area contributed by atoms with Crippen LogP contribution in [-0.4, -0.2) is 43.9 Å². The lowest BCUT2D eigenvalue weighted by Gasteiger charge is -2.25. The fraction of sp³-hybridized carbons (Fsp3) is 0.556. The van der Waals surface area contributed by atoms with Gasteiger partial charge in [-0.15, -0.1) is 0 Å². The maximum Gasteiger partial charge on any atom is 0.251 e. The maximum absolute atomic E-state index is 12.6. The largest absolute Gasteiger partial charge is 0.355 e. The molecule has 1 aromatic carbocycles. The smallest absolute Gasteiger partial charge is 0.251 e. The minimum absolute atomic E-state index is 0.0909. The van der Waals surface area contributed by atoms with Crippen molar-refractivity contribution in [1.29, 1.82) is 0 Å². The molecule has 1 saturated heterocycles. The lowest BCUT2D eigenvalue weighted by Crippen LogP contribution is -2.34. The number of hydrogen-bond acceptors (Lipinski definition) is 3.